The fourth-order valence-corrected chi connectivity index (χ4v) is 3.63. The van der Waals surface area contributed by atoms with Crippen LogP contribution in [0, 0.1) is 13.8 Å². The largest absolute Gasteiger partial charge is 0.323 e. The molecule has 0 saturated heterocycles. The Morgan fingerprint density at radius 3 is 2.43 bits per heavy atom. The molecule has 0 fully saturated rings. The number of aromatic nitrogens is 4. The molecule has 3 N–H and O–H groups in total. The van der Waals surface area contributed by atoms with Gasteiger partial charge in [0.15, 0.2) is 0 Å². The second kappa shape index (κ2) is 7.06. The lowest BCUT2D eigenvalue weighted by molar-refractivity contribution is 0.834. The number of imidazole rings is 1. The van der Waals surface area contributed by atoms with Gasteiger partial charge in [-0.15, -0.1) is 0 Å². The highest BCUT2D eigenvalue weighted by Crippen LogP contribution is 2.28. The van der Waals surface area contributed by atoms with Crippen LogP contribution in [0.4, 0.5) is 5.69 Å². The quantitative estimate of drug-likeness (QED) is 0.364. The number of benzene rings is 2. The van der Waals surface area contributed by atoms with E-state index in [0.29, 0.717) is 32.5 Å². The lowest BCUT2D eigenvalue weighted by Crippen LogP contribution is -2.17. The molecule has 0 aliphatic rings. The summed E-state index contributed by atoms with van der Waals surface area (Å²) in [5.74, 6) is 0. The normalized spacial score (nSPS) is 11.7. The van der Waals surface area contributed by atoms with Crippen LogP contribution < -0.4 is 11.2 Å². The van der Waals surface area contributed by atoms with E-state index in [-0.39, 0.29) is 11.2 Å². The molecule has 142 valence electrons. The van der Waals surface area contributed by atoms with Gasteiger partial charge in [-0.1, -0.05) is 15.9 Å². The molecule has 0 radical (unpaired) electrons. The first kappa shape index (κ1) is 18.7. The number of hydrogen-bond donors (Lipinski definition) is 3. The number of rotatable bonds is 3. The number of aliphatic imine (C=N–C) groups is 1. The topological polar surface area (TPSA) is 98.8 Å². The molecule has 0 amide bonds. The van der Waals surface area contributed by atoms with Crippen molar-refractivity contribution >= 4 is 54.8 Å². The molecule has 0 spiro atoms. The molecule has 0 atom stereocenters. The van der Waals surface area contributed by atoms with Gasteiger partial charge in [0.05, 0.1) is 28.0 Å². The first-order valence-corrected chi connectivity index (χ1v) is 9.96. The van der Waals surface area contributed by atoms with E-state index in [9.17, 15) is 9.59 Å². The Morgan fingerprint density at radius 1 is 1.00 bits per heavy atom. The Labute approximate surface area is 175 Å². The maximum absolute atomic E-state index is 12.9. The highest BCUT2D eigenvalue weighted by atomic mass is 79.9. The second-order valence-electron chi connectivity index (χ2n) is 6.41. The van der Waals surface area contributed by atoms with Gasteiger partial charge in [0.25, 0.3) is 5.56 Å². The van der Waals surface area contributed by atoms with E-state index in [1.54, 1.807) is 12.1 Å². The number of nitrogens with one attached hydrogen (secondary N) is 3. The molecule has 28 heavy (non-hydrogen) atoms. The Kier molecular flexibility index (Phi) is 4.72. The zero-order chi connectivity index (χ0) is 20.0. The minimum Gasteiger partial charge on any atom is -0.306 e. The zero-order valence-corrected chi connectivity index (χ0v) is 18.1. The molecule has 2 heterocycles. The van der Waals surface area contributed by atoms with E-state index in [1.807, 2.05) is 32.0 Å². The number of halogens is 2. The molecule has 2 aromatic heterocycles. The number of H-pyrrole nitrogens is 3. The third kappa shape index (κ3) is 3.31. The third-order valence-electron chi connectivity index (χ3n) is 4.43. The smallest absolute Gasteiger partial charge is 0.306 e. The average Bonchev–Trinajstić information content (AvgIpc) is 3.13. The number of hydrogen-bond acceptors (Lipinski definition) is 3. The summed E-state index contributed by atoms with van der Waals surface area (Å²) < 4.78 is 3.19. The van der Waals surface area contributed by atoms with Gasteiger partial charge < -0.3 is 9.97 Å². The Hall–Kier alpha value is -2.65. The van der Waals surface area contributed by atoms with Crippen molar-refractivity contribution in [3.05, 3.63) is 76.9 Å². The first-order valence-electron chi connectivity index (χ1n) is 8.37. The molecule has 0 aliphatic heterocycles. The SMILES string of the molecule is Cc1cc(-n2[nH]c(C)c(C=Nc3cc4[nH]c(=O)[nH]c4cc3Br)c2=O)ccc1Br. The third-order valence-corrected chi connectivity index (χ3v) is 5.96. The highest BCUT2D eigenvalue weighted by Gasteiger charge is 2.12. The molecular weight excluding hydrogens is 490 g/mol. The molecule has 2 aromatic carbocycles. The van der Waals surface area contributed by atoms with Crippen LogP contribution in [0.2, 0.25) is 0 Å². The Bertz CT molecular complexity index is 1360. The maximum Gasteiger partial charge on any atom is 0.323 e. The van der Waals surface area contributed by atoms with E-state index < -0.39 is 0 Å². The van der Waals surface area contributed by atoms with Gasteiger partial charge in [0.2, 0.25) is 0 Å². The molecule has 0 aliphatic carbocycles. The van der Waals surface area contributed by atoms with Crippen molar-refractivity contribution in [3.63, 3.8) is 0 Å². The van der Waals surface area contributed by atoms with Gasteiger partial charge in [0.1, 0.15) is 0 Å². The van der Waals surface area contributed by atoms with E-state index >= 15 is 0 Å². The van der Waals surface area contributed by atoms with Crippen molar-refractivity contribution < 1.29 is 0 Å². The molecule has 0 saturated carbocycles. The Balaban J connectivity index is 1.75. The van der Waals surface area contributed by atoms with E-state index in [2.05, 4.69) is 51.9 Å². The summed E-state index contributed by atoms with van der Waals surface area (Å²) >= 11 is 6.92. The van der Waals surface area contributed by atoms with Crippen molar-refractivity contribution in [1.82, 2.24) is 19.7 Å². The zero-order valence-electron chi connectivity index (χ0n) is 14.9. The summed E-state index contributed by atoms with van der Waals surface area (Å²) in [6.45, 7) is 3.79. The van der Waals surface area contributed by atoms with Crippen molar-refractivity contribution in [2.24, 2.45) is 4.99 Å². The van der Waals surface area contributed by atoms with E-state index in [1.165, 1.54) is 10.9 Å². The molecule has 0 unspecified atom stereocenters. The molecule has 4 rings (SSSR count). The monoisotopic (exact) mass is 503 g/mol. The van der Waals surface area contributed by atoms with E-state index in [4.69, 9.17) is 0 Å². The summed E-state index contributed by atoms with van der Waals surface area (Å²) in [7, 11) is 0. The fraction of sp³-hybridized carbons (Fsp3) is 0.105. The standard InChI is InChI=1S/C19H15Br2N5O2/c1-9-5-11(3-4-13(9)20)26-18(27)12(10(2)25-26)8-22-15-7-17-16(6-14(15)21)23-19(28)24-17/h3-8,25H,1-2H3,(H2,23,24,28). The van der Waals surface area contributed by atoms with E-state index in [0.717, 1.165) is 15.7 Å². The van der Waals surface area contributed by atoms with Crippen molar-refractivity contribution in [2.75, 3.05) is 0 Å². The second-order valence-corrected chi connectivity index (χ2v) is 8.12. The predicted molar refractivity (Wildman–Crippen MR) is 117 cm³/mol. The van der Waals surface area contributed by atoms with Crippen molar-refractivity contribution in [3.8, 4) is 5.69 Å². The lowest BCUT2D eigenvalue weighted by Gasteiger charge is -2.04. The summed E-state index contributed by atoms with van der Waals surface area (Å²) in [4.78, 5) is 34.2. The van der Waals surface area contributed by atoms with Crippen LogP contribution in [-0.4, -0.2) is 26.0 Å². The van der Waals surface area contributed by atoms with Crippen LogP contribution in [0.1, 0.15) is 16.8 Å². The number of aromatic amines is 3. The van der Waals surface area contributed by atoms with Crippen LogP contribution in [0.5, 0.6) is 0 Å². The van der Waals surface area contributed by atoms with Gasteiger partial charge in [-0.3, -0.25) is 14.9 Å². The molecule has 4 aromatic rings. The van der Waals surface area contributed by atoms with Gasteiger partial charge >= 0.3 is 5.69 Å². The van der Waals surface area contributed by atoms with Crippen LogP contribution >= 0.6 is 31.9 Å². The van der Waals surface area contributed by atoms with Crippen LogP contribution in [0.3, 0.4) is 0 Å². The molecular formula is C19H15Br2N5O2. The summed E-state index contributed by atoms with van der Waals surface area (Å²) in [6.07, 6.45) is 1.53. The number of fused-ring (bicyclic) bond motifs is 1. The summed E-state index contributed by atoms with van der Waals surface area (Å²) in [5, 5.41) is 3.09. The summed E-state index contributed by atoms with van der Waals surface area (Å²) in [6, 6.07) is 9.21. The minimum absolute atomic E-state index is 0.185. The fourth-order valence-electron chi connectivity index (χ4n) is 2.94. The highest BCUT2D eigenvalue weighted by molar-refractivity contribution is 9.10. The van der Waals surface area contributed by atoms with Crippen LogP contribution in [0.25, 0.3) is 16.7 Å². The van der Waals surface area contributed by atoms with Gasteiger partial charge in [-0.05, 0) is 65.7 Å². The number of aryl methyl sites for hydroxylation is 2. The molecule has 9 heteroatoms. The average molecular weight is 505 g/mol. The van der Waals surface area contributed by atoms with Crippen LogP contribution in [0.15, 0.2) is 53.9 Å². The predicted octanol–water partition coefficient (Wildman–Crippen LogP) is 4.23. The van der Waals surface area contributed by atoms with Gasteiger partial charge in [0, 0.05) is 20.9 Å². The van der Waals surface area contributed by atoms with Crippen molar-refractivity contribution in [2.45, 2.75) is 13.8 Å². The van der Waals surface area contributed by atoms with Gasteiger partial charge in [-0.25, -0.2) is 9.48 Å². The molecule has 0 bridgehead atoms. The van der Waals surface area contributed by atoms with Gasteiger partial charge in [-0.2, -0.15) is 0 Å². The number of nitrogens with zero attached hydrogens (tertiary/aromatic N) is 2. The lowest BCUT2D eigenvalue weighted by atomic mass is 10.2. The van der Waals surface area contributed by atoms with Crippen LogP contribution in [-0.2, 0) is 0 Å². The minimum atomic E-state index is -0.280. The molecule has 7 nitrogen and oxygen atoms in total. The summed E-state index contributed by atoms with van der Waals surface area (Å²) in [5.41, 5.74) is 4.43. The maximum atomic E-state index is 12.9. The van der Waals surface area contributed by atoms with Crippen molar-refractivity contribution in [1.29, 1.82) is 0 Å². The first-order chi connectivity index (χ1) is 13.3. The Morgan fingerprint density at radius 2 is 1.71 bits per heavy atom.